The maximum absolute atomic E-state index is 10.8. The Hall–Kier alpha value is -1.05. The first-order valence-corrected chi connectivity index (χ1v) is 8.99. The van der Waals surface area contributed by atoms with Gasteiger partial charge in [0.15, 0.2) is 0 Å². The maximum Gasteiger partial charge on any atom is 0.302 e. The highest BCUT2D eigenvalue weighted by atomic mass is 16.5. The standard InChI is InChI=1S/C19H34O4/c1-3-4-5-6-7-8-9-10-11-12-13-14-18(22)15-19(16-20)23-17(2)21/h1,18-20,22H,4-16H2,2H3. The van der Waals surface area contributed by atoms with Gasteiger partial charge in [-0.1, -0.05) is 51.4 Å². The van der Waals surface area contributed by atoms with E-state index in [1.165, 1.54) is 45.4 Å². The molecule has 0 heterocycles. The summed E-state index contributed by atoms with van der Waals surface area (Å²) in [6.45, 7) is 1.07. The van der Waals surface area contributed by atoms with Crippen molar-refractivity contribution >= 4 is 5.97 Å². The fourth-order valence-electron chi connectivity index (χ4n) is 2.66. The smallest absolute Gasteiger partial charge is 0.302 e. The molecular weight excluding hydrogens is 292 g/mol. The summed E-state index contributed by atoms with van der Waals surface area (Å²) in [5.74, 6) is 2.25. The summed E-state index contributed by atoms with van der Waals surface area (Å²) in [6.07, 6.45) is 16.8. The number of unbranched alkanes of at least 4 members (excludes halogenated alkanes) is 9. The molecule has 0 radical (unpaired) electrons. The molecule has 0 fully saturated rings. The number of carbonyl (C=O) groups is 1. The van der Waals surface area contributed by atoms with E-state index in [1.807, 2.05) is 0 Å². The van der Waals surface area contributed by atoms with Crippen molar-refractivity contribution in [2.75, 3.05) is 6.61 Å². The number of hydrogen-bond donors (Lipinski definition) is 2. The summed E-state index contributed by atoms with van der Waals surface area (Å²) in [7, 11) is 0. The molecule has 23 heavy (non-hydrogen) atoms. The molecule has 0 aromatic heterocycles. The molecular formula is C19H34O4. The third kappa shape index (κ3) is 15.6. The Bertz CT molecular complexity index is 322. The number of carbonyl (C=O) groups excluding carboxylic acids is 1. The second-order valence-electron chi connectivity index (χ2n) is 6.23. The van der Waals surface area contributed by atoms with Gasteiger partial charge in [-0.25, -0.2) is 0 Å². The van der Waals surface area contributed by atoms with Crippen LogP contribution in [0, 0.1) is 12.3 Å². The number of hydrogen-bond acceptors (Lipinski definition) is 4. The van der Waals surface area contributed by atoms with Gasteiger partial charge < -0.3 is 14.9 Å². The van der Waals surface area contributed by atoms with Crippen LogP contribution in [0.15, 0.2) is 0 Å². The van der Waals surface area contributed by atoms with E-state index < -0.39 is 18.2 Å². The van der Waals surface area contributed by atoms with E-state index in [9.17, 15) is 9.90 Å². The Morgan fingerprint density at radius 2 is 1.57 bits per heavy atom. The van der Waals surface area contributed by atoms with Crippen molar-refractivity contribution < 1.29 is 19.7 Å². The molecule has 0 rings (SSSR count). The predicted molar refractivity (Wildman–Crippen MR) is 92.9 cm³/mol. The van der Waals surface area contributed by atoms with Crippen LogP contribution >= 0.6 is 0 Å². The molecule has 0 saturated heterocycles. The average molecular weight is 326 g/mol. The van der Waals surface area contributed by atoms with Crippen LogP contribution in [0.4, 0.5) is 0 Å². The minimum Gasteiger partial charge on any atom is -0.460 e. The van der Waals surface area contributed by atoms with Gasteiger partial charge in [0.05, 0.1) is 12.7 Å². The molecule has 0 saturated carbocycles. The first-order chi connectivity index (χ1) is 11.1. The zero-order chi connectivity index (χ0) is 17.3. The lowest BCUT2D eigenvalue weighted by Gasteiger charge is -2.18. The van der Waals surface area contributed by atoms with Gasteiger partial charge in [0.2, 0.25) is 0 Å². The highest BCUT2D eigenvalue weighted by Gasteiger charge is 2.16. The van der Waals surface area contributed by atoms with Crippen LogP contribution in [0.5, 0.6) is 0 Å². The van der Waals surface area contributed by atoms with Gasteiger partial charge in [-0.15, -0.1) is 12.3 Å². The highest BCUT2D eigenvalue weighted by molar-refractivity contribution is 5.66. The van der Waals surface area contributed by atoms with E-state index in [0.717, 1.165) is 25.7 Å². The minimum atomic E-state index is -0.586. The molecule has 0 aromatic carbocycles. The number of rotatable bonds is 15. The lowest BCUT2D eigenvalue weighted by molar-refractivity contribution is -0.149. The van der Waals surface area contributed by atoms with Crippen LogP contribution in [0.1, 0.15) is 84.0 Å². The summed E-state index contributed by atoms with van der Waals surface area (Å²) in [4.78, 5) is 10.8. The second kappa shape index (κ2) is 15.8. The third-order valence-corrected chi connectivity index (χ3v) is 3.93. The van der Waals surface area contributed by atoms with Crippen LogP contribution in [0.3, 0.4) is 0 Å². The summed E-state index contributed by atoms with van der Waals surface area (Å²) in [5.41, 5.74) is 0. The van der Waals surface area contributed by atoms with Crippen molar-refractivity contribution in [1.29, 1.82) is 0 Å². The molecule has 4 nitrogen and oxygen atoms in total. The Kier molecular flexibility index (Phi) is 15.1. The normalized spacial score (nSPS) is 13.3. The molecule has 134 valence electrons. The zero-order valence-electron chi connectivity index (χ0n) is 14.6. The molecule has 0 bridgehead atoms. The molecule has 0 aliphatic rings. The monoisotopic (exact) mass is 326 g/mol. The molecule has 2 N–H and O–H groups in total. The third-order valence-electron chi connectivity index (χ3n) is 3.93. The summed E-state index contributed by atoms with van der Waals surface area (Å²) < 4.78 is 4.92. The van der Waals surface area contributed by atoms with E-state index in [-0.39, 0.29) is 6.61 Å². The van der Waals surface area contributed by atoms with E-state index in [4.69, 9.17) is 16.3 Å². The first kappa shape index (κ1) is 21.9. The largest absolute Gasteiger partial charge is 0.460 e. The SMILES string of the molecule is C#CCCCCCCCCCCCC(O)CC(CO)OC(C)=O. The van der Waals surface area contributed by atoms with Crippen molar-refractivity contribution in [3.63, 3.8) is 0 Å². The molecule has 0 spiro atoms. The van der Waals surface area contributed by atoms with Crippen molar-refractivity contribution in [2.45, 2.75) is 96.2 Å². The first-order valence-electron chi connectivity index (χ1n) is 8.99. The number of ether oxygens (including phenoxy) is 1. The maximum atomic E-state index is 10.8. The molecule has 0 amide bonds. The van der Waals surface area contributed by atoms with Crippen LogP contribution in [0.25, 0.3) is 0 Å². The topological polar surface area (TPSA) is 66.8 Å². The van der Waals surface area contributed by atoms with Crippen molar-refractivity contribution in [1.82, 2.24) is 0 Å². The van der Waals surface area contributed by atoms with Gasteiger partial charge in [0.1, 0.15) is 6.10 Å². The Balaban J connectivity index is 3.40. The van der Waals surface area contributed by atoms with Gasteiger partial charge >= 0.3 is 5.97 Å². The Morgan fingerprint density at radius 3 is 2.04 bits per heavy atom. The van der Waals surface area contributed by atoms with Gasteiger partial charge in [-0.3, -0.25) is 4.79 Å². The molecule has 2 unspecified atom stereocenters. The number of aliphatic hydroxyl groups is 2. The van der Waals surface area contributed by atoms with Crippen molar-refractivity contribution in [3.05, 3.63) is 0 Å². The average Bonchev–Trinajstić information content (AvgIpc) is 2.51. The van der Waals surface area contributed by atoms with E-state index in [1.54, 1.807) is 0 Å². The molecule has 4 heteroatoms. The van der Waals surface area contributed by atoms with E-state index in [2.05, 4.69) is 5.92 Å². The second-order valence-corrected chi connectivity index (χ2v) is 6.23. The molecule has 0 aromatic rings. The summed E-state index contributed by atoms with van der Waals surface area (Å²) >= 11 is 0. The predicted octanol–water partition coefficient (Wildman–Crippen LogP) is 3.59. The summed E-state index contributed by atoms with van der Waals surface area (Å²) in [5, 5.41) is 19.0. The lowest BCUT2D eigenvalue weighted by Crippen LogP contribution is -2.26. The van der Waals surface area contributed by atoms with Crippen LogP contribution in [-0.2, 0) is 9.53 Å². The Morgan fingerprint density at radius 1 is 1.04 bits per heavy atom. The van der Waals surface area contributed by atoms with Crippen molar-refractivity contribution in [3.8, 4) is 12.3 Å². The van der Waals surface area contributed by atoms with Gasteiger partial charge in [0.25, 0.3) is 0 Å². The zero-order valence-corrected chi connectivity index (χ0v) is 14.6. The number of esters is 1. The van der Waals surface area contributed by atoms with E-state index in [0.29, 0.717) is 12.8 Å². The van der Waals surface area contributed by atoms with Crippen molar-refractivity contribution in [2.24, 2.45) is 0 Å². The number of terminal acetylenes is 1. The van der Waals surface area contributed by atoms with Crippen LogP contribution in [0.2, 0.25) is 0 Å². The van der Waals surface area contributed by atoms with Gasteiger partial charge in [-0.2, -0.15) is 0 Å². The van der Waals surface area contributed by atoms with E-state index >= 15 is 0 Å². The van der Waals surface area contributed by atoms with Crippen LogP contribution in [-0.4, -0.2) is 35.0 Å². The molecule has 0 aliphatic carbocycles. The van der Waals surface area contributed by atoms with Gasteiger partial charge in [-0.05, 0) is 12.8 Å². The Labute approximate surface area is 141 Å². The number of aliphatic hydroxyl groups excluding tert-OH is 2. The quantitative estimate of drug-likeness (QED) is 0.274. The molecule has 2 atom stereocenters. The molecule has 0 aliphatic heterocycles. The fourth-order valence-corrected chi connectivity index (χ4v) is 2.66. The minimum absolute atomic E-state index is 0.238. The van der Waals surface area contributed by atoms with Crippen LogP contribution < -0.4 is 0 Å². The fraction of sp³-hybridized carbons (Fsp3) is 0.842. The lowest BCUT2D eigenvalue weighted by atomic mass is 10.0. The van der Waals surface area contributed by atoms with Gasteiger partial charge in [0, 0.05) is 19.8 Å². The summed E-state index contributed by atoms with van der Waals surface area (Å²) in [6, 6.07) is 0. The highest BCUT2D eigenvalue weighted by Crippen LogP contribution is 2.14.